The first kappa shape index (κ1) is 14.0. The van der Waals surface area contributed by atoms with Crippen LogP contribution >= 0.6 is 11.6 Å². The molecule has 2 aromatic carbocycles. The third-order valence-electron chi connectivity index (χ3n) is 3.18. The van der Waals surface area contributed by atoms with Crippen LogP contribution in [0.2, 0.25) is 5.02 Å². The van der Waals surface area contributed by atoms with Gasteiger partial charge in [-0.1, -0.05) is 48.0 Å². The lowest BCUT2D eigenvalue weighted by molar-refractivity contribution is 0.588. The van der Waals surface area contributed by atoms with Crippen molar-refractivity contribution < 1.29 is 4.39 Å². The highest BCUT2D eigenvalue weighted by molar-refractivity contribution is 6.30. The topological polar surface area (TPSA) is 12.0 Å². The molecule has 1 N–H and O–H groups in total. The van der Waals surface area contributed by atoms with Crippen molar-refractivity contribution in [3.63, 3.8) is 0 Å². The van der Waals surface area contributed by atoms with Crippen LogP contribution in [0.4, 0.5) is 4.39 Å². The van der Waals surface area contributed by atoms with Crippen molar-refractivity contribution in [2.45, 2.75) is 19.9 Å². The van der Waals surface area contributed by atoms with Gasteiger partial charge in [-0.2, -0.15) is 0 Å². The van der Waals surface area contributed by atoms with E-state index in [2.05, 4.69) is 24.4 Å². The van der Waals surface area contributed by atoms with Gasteiger partial charge in [0.25, 0.3) is 0 Å². The fourth-order valence-corrected chi connectivity index (χ4v) is 2.22. The van der Waals surface area contributed by atoms with Crippen LogP contribution in [0.5, 0.6) is 0 Å². The van der Waals surface area contributed by atoms with E-state index in [0.717, 1.165) is 13.0 Å². The van der Waals surface area contributed by atoms with Gasteiger partial charge in [-0.25, -0.2) is 4.39 Å². The summed E-state index contributed by atoms with van der Waals surface area (Å²) < 4.78 is 13.6. The molecule has 0 unspecified atom stereocenters. The number of hydrogen-bond donors (Lipinski definition) is 1. The number of nitrogens with one attached hydrogen (secondary N) is 1. The zero-order valence-electron chi connectivity index (χ0n) is 10.9. The third-order valence-corrected chi connectivity index (χ3v) is 3.47. The molecule has 100 valence electrons. The van der Waals surface area contributed by atoms with Crippen LogP contribution in [0.15, 0.2) is 42.5 Å². The lowest BCUT2D eigenvalue weighted by Crippen LogP contribution is -2.17. The average molecular weight is 278 g/mol. The van der Waals surface area contributed by atoms with E-state index >= 15 is 0 Å². The molecule has 2 aromatic rings. The predicted molar refractivity (Wildman–Crippen MR) is 78.0 cm³/mol. The van der Waals surface area contributed by atoms with Gasteiger partial charge >= 0.3 is 0 Å². The molecular weight excluding hydrogens is 261 g/mol. The Labute approximate surface area is 118 Å². The first-order valence-electron chi connectivity index (χ1n) is 6.36. The zero-order chi connectivity index (χ0) is 13.7. The molecule has 0 aliphatic heterocycles. The van der Waals surface area contributed by atoms with Crippen LogP contribution in [0, 0.1) is 12.7 Å². The Morgan fingerprint density at radius 2 is 1.79 bits per heavy atom. The van der Waals surface area contributed by atoms with Gasteiger partial charge in [-0.15, -0.1) is 0 Å². The summed E-state index contributed by atoms with van der Waals surface area (Å²) in [6.45, 7) is 3.42. The lowest BCUT2D eigenvalue weighted by Gasteiger charge is -2.08. The summed E-state index contributed by atoms with van der Waals surface area (Å²) in [5.74, 6) is -0.326. The summed E-state index contributed by atoms with van der Waals surface area (Å²) >= 11 is 5.74. The molecular formula is C16H17ClFN. The Hall–Kier alpha value is -1.38. The second kappa shape index (κ2) is 6.69. The SMILES string of the molecule is Cc1ccccc1CCNCc1cccc(Cl)c1F. The summed E-state index contributed by atoms with van der Waals surface area (Å²) in [6.07, 6.45) is 0.939. The Balaban J connectivity index is 1.84. The zero-order valence-corrected chi connectivity index (χ0v) is 11.7. The molecule has 0 spiro atoms. The van der Waals surface area contributed by atoms with Crippen LogP contribution < -0.4 is 5.32 Å². The van der Waals surface area contributed by atoms with Crippen molar-refractivity contribution in [3.05, 3.63) is 70.0 Å². The molecule has 0 aliphatic carbocycles. The fourth-order valence-electron chi connectivity index (χ4n) is 2.02. The number of aryl methyl sites for hydroxylation is 1. The smallest absolute Gasteiger partial charge is 0.146 e. The van der Waals surface area contributed by atoms with Gasteiger partial charge in [0.2, 0.25) is 0 Å². The maximum Gasteiger partial charge on any atom is 0.146 e. The van der Waals surface area contributed by atoms with Crippen LogP contribution in [0.3, 0.4) is 0 Å². The molecule has 0 aromatic heterocycles. The van der Waals surface area contributed by atoms with Crippen molar-refractivity contribution in [1.82, 2.24) is 5.32 Å². The lowest BCUT2D eigenvalue weighted by atomic mass is 10.1. The second-order valence-electron chi connectivity index (χ2n) is 4.57. The Morgan fingerprint density at radius 3 is 2.58 bits per heavy atom. The van der Waals surface area contributed by atoms with E-state index in [9.17, 15) is 4.39 Å². The molecule has 3 heteroatoms. The van der Waals surface area contributed by atoms with Gasteiger partial charge in [0, 0.05) is 12.1 Å². The van der Waals surface area contributed by atoms with Crippen molar-refractivity contribution >= 4 is 11.6 Å². The molecule has 0 saturated heterocycles. The minimum absolute atomic E-state index is 0.179. The molecule has 0 bridgehead atoms. The van der Waals surface area contributed by atoms with Crippen molar-refractivity contribution in [2.24, 2.45) is 0 Å². The number of benzene rings is 2. The molecule has 2 rings (SSSR count). The average Bonchev–Trinajstić information content (AvgIpc) is 2.41. The largest absolute Gasteiger partial charge is 0.312 e. The van der Waals surface area contributed by atoms with Gasteiger partial charge in [-0.3, -0.25) is 0 Å². The van der Waals surface area contributed by atoms with E-state index in [4.69, 9.17) is 11.6 Å². The van der Waals surface area contributed by atoms with Gasteiger partial charge in [-0.05, 0) is 37.1 Å². The van der Waals surface area contributed by atoms with Crippen LogP contribution in [-0.2, 0) is 13.0 Å². The predicted octanol–water partition coefficient (Wildman–Crippen LogP) is 4.12. The maximum atomic E-state index is 13.6. The van der Waals surface area contributed by atoms with Crippen LogP contribution in [0.1, 0.15) is 16.7 Å². The highest BCUT2D eigenvalue weighted by Crippen LogP contribution is 2.17. The van der Waals surface area contributed by atoms with E-state index in [1.807, 2.05) is 12.1 Å². The van der Waals surface area contributed by atoms with Gasteiger partial charge in [0.15, 0.2) is 0 Å². The first-order chi connectivity index (χ1) is 9.18. The fraction of sp³-hybridized carbons (Fsp3) is 0.250. The first-order valence-corrected chi connectivity index (χ1v) is 6.74. The van der Waals surface area contributed by atoms with Crippen molar-refractivity contribution in [2.75, 3.05) is 6.54 Å². The molecule has 0 aliphatic rings. The van der Waals surface area contributed by atoms with Crippen molar-refractivity contribution in [1.29, 1.82) is 0 Å². The number of halogens is 2. The second-order valence-corrected chi connectivity index (χ2v) is 4.97. The Morgan fingerprint density at radius 1 is 1.05 bits per heavy atom. The summed E-state index contributed by atoms with van der Waals surface area (Å²) in [5.41, 5.74) is 3.22. The van der Waals surface area contributed by atoms with Crippen molar-refractivity contribution in [3.8, 4) is 0 Å². The maximum absolute atomic E-state index is 13.6. The molecule has 0 radical (unpaired) electrons. The number of rotatable bonds is 5. The standard InChI is InChI=1S/C16H17ClFN/c1-12-5-2-3-6-13(12)9-10-19-11-14-7-4-8-15(17)16(14)18/h2-8,19H,9-11H2,1H3. The molecule has 0 fully saturated rings. The minimum Gasteiger partial charge on any atom is -0.312 e. The molecule has 0 heterocycles. The summed E-state index contributed by atoms with van der Waals surface area (Å²) in [4.78, 5) is 0. The minimum atomic E-state index is -0.326. The van der Waals surface area contributed by atoms with E-state index in [1.165, 1.54) is 11.1 Å². The highest BCUT2D eigenvalue weighted by Gasteiger charge is 2.05. The number of hydrogen-bond acceptors (Lipinski definition) is 1. The summed E-state index contributed by atoms with van der Waals surface area (Å²) in [7, 11) is 0. The Kier molecular flexibility index (Phi) is 4.94. The summed E-state index contributed by atoms with van der Waals surface area (Å²) in [5, 5.41) is 3.43. The summed E-state index contributed by atoms with van der Waals surface area (Å²) in [6, 6.07) is 13.4. The van der Waals surface area contributed by atoms with Gasteiger partial charge < -0.3 is 5.32 Å². The van der Waals surface area contributed by atoms with E-state index < -0.39 is 0 Å². The van der Waals surface area contributed by atoms with E-state index in [1.54, 1.807) is 18.2 Å². The van der Waals surface area contributed by atoms with Gasteiger partial charge in [0.1, 0.15) is 5.82 Å². The molecule has 0 saturated carbocycles. The molecule has 0 atom stereocenters. The van der Waals surface area contributed by atoms with Crippen LogP contribution in [-0.4, -0.2) is 6.54 Å². The van der Waals surface area contributed by atoms with Crippen LogP contribution in [0.25, 0.3) is 0 Å². The molecule has 19 heavy (non-hydrogen) atoms. The van der Waals surface area contributed by atoms with E-state index in [-0.39, 0.29) is 10.8 Å². The molecule has 0 amide bonds. The monoisotopic (exact) mass is 277 g/mol. The Bertz CT molecular complexity index is 554. The van der Waals surface area contributed by atoms with Gasteiger partial charge in [0.05, 0.1) is 5.02 Å². The highest BCUT2D eigenvalue weighted by atomic mass is 35.5. The third kappa shape index (κ3) is 3.79. The normalized spacial score (nSPS) is 10.7. The van der Waals surface area contributed by atoms with E-state index in [0.29, 0.717) is 12.1 Å². The molecule has 1 nitrogen and oxygen atoms in total. The quantitative estimate of drug-likeness (QED) is 0.811.